The largest absolute Gasteiger partial charge is 0.496 e. The fourth-order valence-electron chi connectivity index (χ4n) is 2.86. The van der Waals surface area contributed by atoms with Crippen molar-refractivity contribution in [3.05, 3.63) is 35.4 Å². The van der Waals surface area contributed by atoms with Gasteiger partial charge >= 0.3 is 0 Å². The summed E-state index contributed by atoms with van der Waals surface area (Å²) in [5.41, 5.74) is 1.91. The van der Waals surface area contributed by atoms with Crippen molar-refractivity contribution in [3.63, 3.8) is 0 Å². The minimum absolute atomic E-state index is 0.0637. The Morgan fingerprint density at radius 3 is 2.74 bits per heavy atom. The molecule has 1 unspecified atom stereocenters. The van der Waals surface area contributed by atoms with E-state index in [0.29, 0.717) is 18.7 Å². The van der Waals surface area contributed by atoms with Crippen molar-refractivity contribution in [2.75, 3.05) is 25.2 Å². The zero-order valence-electron chi connectivity index (χ0n) is 13.8. The third-order valence-corrected chi connectivity index (χ3v) is 5.81. The number of rotatable bonds is 5. The van der Waals surface area contributed by atoms with Crippen LogP contribution >= 0.6 is 0 Å². The van der Waals surface area contributed by atoms with Crippen LogP contribution in [0.2, 0.25) is 0 Å². The van der Waals surface area contributed by atoms with E-state index in [9.17, 15) is 13.2 Å². The van der Waals surface area contributed by atoms with Crippen LogP contribution in [0.4, 0.5) is 0 Å². The van der Waals surface area contributed by atoms with Crippen LogP contribution in [0.3, 0.4) is 0 Å². The molecule has 23 heavy (non-hydrogen) atoms. The first kappa shape index (κ1) is 17.5. The molecule has 0 saturated carbocycles. The minimum atomic E-state index is -3.01. The molecule has 1 aromatic carbocycles. The van der Waals surface area contributed by atoms with Crippen molar-refractivity contribution in [3.8, 4) is 5.75 Å². The Morgan fingerprint density at radius 2 is 2.17 bits per heavy atom. The highest BCUT2D eigenvalue weighted by Crippen LogP contribution is 2.22. The molecule has 1 aliphatic rings. The highest BCUT2D eigenvalue weighted by atomic mass is 32.2. The van der Waals surface area contributed by atoms with Gasteiger partial charge < -0.3 is 9.64 Å². The lowest BCUT2D eigenvalue weighted by Gasteiger charge is -2.25. The maximum atomic E-state index is 12.4. The summed E-state index contributed by atoms with van der Waals surface area (Å²) in [5, 5.41) is 0. The van der Waals surface area contributed by atoms with Crippen LogP contribution in [0.25, 0.3) is 6.08 Å². The lowest BCUT2D eigenvalue weighted by atomic mass is 10.1. The van der Waals surface area contributed by atoms with E-state index in [0.717, 1.165) is 11.1 Å². The standard InChI is InChI=1S/C17H23NO4S/c1-4-18(15-9-10-23(20,21)12-15)17(19)8-6-14-11-13(2)5-7-16(14)22-3/h5-8,11,15H,4,9-10,12H2,1-3H3/b8-6+. The molecule has 1 heterocycles. The molecule has 1 amide bonds. The zero-order chi connectivity index (χ0) is 17.0. The number of amides is 1. The highest BCUT2D eigenvalue weighted by molar-refractivity contribution is 7.91. The summed E-state index contributed by atoms with van der Waals surface area (Å²) in [6, 6.07) is 5.53. The molecule has 1 atom stereocenters. The van der Waals surface area contributed by atoms with Crippen molar-refractivity contribution in [1.82, 2.24) is 4.90 Å². The van der Waals surface area contributed by atoms with Gasteiger partial charge in [0.2, 0.25) is 5.91 Å². The first-order valence-electron chi connectivity index (χ1n) is 7.70. The van der Waals surface area contributed by atoms with Crippen LogP contribution in [-0.2, 0) is 14.6 Å². The predicted molar refractivity (Wildman–Crippen MR) is 91.2 cm³/mol. The third kappa shape index (κ3) is 4.34. The Hall–Kier alpha value is -1.82. The van der Waals surface area contributed by atoms with E-state index in [2.05, 4.69) is 0 Å². The number of likely N-dealkylation sites (N-methyl/N-ethyl adjacent to an activating group) is 1. The van der Waals surface area contributed by atoms with E-state index in [1.807, 2.05) is 32.0 Å². The van der Waals surface area contributed by atoms with Gasteiger partial charge in [-0.15, -0.1) is 0 Å². The van der Waals surface area contributed by atoms with Gasteiger partial charge in [-0.05, 0) is 38.5 Å². The van der Waals surface area contributed by atoms with Crippen molar-refractivity contribution >= 4 is 21.8 Å². The number of carbonyl (C=O) groups is 1. The third-order valence-electron chi connectivity index (χ3n) is 4.06. The number of carbonyl (C=O) groups excluding carboxylic acids is 1. The Balaban J connectivity index is 2.15. The molecular formula is C17H23NO4S. The van der Waals surface area contributed by atoms with Crippen molar-refractivity contribution in [2.45, 2.75) is 26.3 Å². The molecule has 126 valence electrons. The van der Waals surface area contributed by atoms with E-state index in [1.54, 1.807) is 18.1 Å². The fraction of sp³-hybridized carbons (Fsp3) is 0.471. The number of hydrogen-bond acceptors (Lipinski definition) is 4. The van der Waals surface area contributed by atoms with Crippen molar-refractivity contribution in [2.24, 2.45) is 0 Å². The van der Waals surface area contributed by atoms with Gasteiger partial charge in [0.25, 0.3) is 0 Å². The summed E-state index contributed by atoms with van der Waals surface area (Å²) in [7, 11) is -1.42. The second-order valence-corrected chi connectivity index (χ2v) is 7.99. The Kier molecular flexibility index (Phi) is 5.46. The zero-order valence-corrected chi connectivity index (χ0v) is 14.6. The molecule has 1 aromatic rings. The smallest absolute Gasteiger partial charge is 0.246 e. The predicted octanol–water partition coefficient (Wildman–Crippen LogP) is 2.05. The summed E-state index contributed by atoms with van der Waals surface area (Å²) in [4.78, 5) is 14.1. The lowest BCUT2D eigenvalue weighted by Crippen LogP contribution is -2.40. The van der Waals surface area contributed by atoms with Crippen LogP contribution < -0.4 is 4.74 Å². The molecule has 1 aliphatic heterocycles. The summed E-state index contributed by atoms with van der Waals surface area (Å²) in [6.07, 6.45) is 3.73. The summed E-state index contributed by atoms with van der Waals surface area (Å²) in [5.74, 6) is 0.759. The van der Waals surface area contributed by atoms with Crippen molar-refractivity contribution in [1.29, 1.82) is 0 Å². The molecule has 0 radical (unpaired) electrons. The lowest BCUT2D eigenvalue weighted by molar-refractivity contribution is -0.127. The second kappa shape index (κ2) is 7.17. The number of methoxy groups -OCH3 is 1. The molecule has 0 N–H and O–H groups in total. The molecular weight excluding hydrogens is 314 g/mol. The molecule has 0 aliphatic carbocycles. The molecule has 1 saturated heterocycles. The number of ether oxygens (including phenoxy) is 1. The average molecular weight is 337 g/mol. The number of aryl methyl sites for hydroxylation is 1. The van der Waals surface area contributed by atoms with E-state index in [4.69, 9.17) is 4.74 Å². The topological polar surface area (TPSA) is 63.7 Å². The van der Waals surface area contributed by atoms with Crippen molar-refractivity contribution < 1.29 is 17.9 Å². The first-order chi connectivity index (χ1) is 10.9. The Morgan fingerprint density at radius 1 is 1.43 bits per heavy atom. The first-order valence-corrected chi connectivity index (χ1v) is 9.52. The van der Waals surface area contributed by atoms with Gasteiger partial charge in [0, 0.05) is 24.2 Å². The molecule has 6 heteroatoms. The quantitative estimate of drug-likeness (QED) is 0.772. The minimum Gasteiger partial charge on any atom is -0.496 e. The maximum Gasteiger partial charge on any atom is 0.246 e. The average Bonchev–Trinajstić information content (AvgIpc) is 2.86. The Labute approximate surface area is 137 Å². The Bertz CT molecular complexity index is 709. The molecule has 0 aromatic heterocycles. The summed E-state index contributed by atoms with van der Waals surface area (Å²) >= 11 is 0. The van der Waals surface area contributed by atoms with E-state index >= 15 is 0 Å². The van der Waals surface area contributed by atoms with Gasteiger partial charge in [-0.3, -0.25) is 4.79 Å². The molecule has 1 fully saturated rings. The van der Waals surface area contributed by atoms with Gasteiger partial charge in [-0.2, -0.15) is 0 Å². The van der Waals surface area contributed by atoms with Gasteiger partial charge in [0.05, 0.1) is 18.6 Å². The van der Waals surface area contributed by atoms with Crippen LogP contribution in [0.1, 0.15) is 24.5 Å². The van der Waals surface area contributed by atoms with Gasteiger partial charge in [-0.25, -0.2) is 8.42 Å². The monoisotopic (exact) mass is 337 g/mol. The van der Waals surface area contributed by atoms with Crippen LogP contribution in [0.5, 0.6) is 5.75 Å². The van der Waals surface area contributed by atoms with E-state index in [1.165, 1.54) is 6.08 Å². The van der Waals surface area contributed by atoms with Gasteiger partial charge in [0.1, 0.15) is 5.75 Å². The number of sulfone groups is 1. The SMILES string of the molecule is CCN(C(=O)/C=C/c1cc(C)ccc1OC)C1CCS(=O)(=O)C1. The fourth-order valence-corrected chi connectivity index (χ4v) is 4.59. The van der Waals surface area contributed by atoms with Crippen LogP contribution in [0, 0.1) is 6.92 Å². The van der Waals surface area contributed by atoms with Crippen LogP contribution in [0.15, 0.2) is 24.3 Å². The van der Waals surface area contributed by atoms with E-state index in [-0.39, 0.29) is 23.5 Å². The van der Waals surface area contributed by atoms with Crippen LogP contribution in [-0.4, -0.2) is 50.4 Å². The molecule has 0 bridgehead atoms. The molecule has 5 nitrogen and oxygen atoms in total. The van der Waals surface area contributed by atoms with Gasteiger partial charge in [0.15, 0.2) is 9.84 Å². The molecule has 2 rings (SSSR count). The number of benzene rings is 1. The number of nitrogens with zero attached hydrogens (tertiary/aromatic N) is 1. The summed E-state index contributed by atoms with van der Waals surface area (Å²) < 4.78 is 28.5. The normalized spacial score (nSPS) is 19.9. The van der Waals surface area contributed by atoms with E-state index < -0.39 is 9.84 Å². The highest BCUT2D eigenvalue weighted by Gasteiger charge is 2.33. The molecule has 0 spiro atoms. The van der Waals surface area contributed by atoms with Gasteiger partial charge in [-0.1, -0.05) is 11.6 Å². The maximum absolute atomic E-state index is 12.4. The second-order valence-electron chi connectivity index (χ2n) is 5.76. The summed E-state index contributed by atoms with van der Waals surface area (Å²) in [6.45, 7) is 4.33. The number of hydrogen-bond donors (Lipinski definition) is 0.